The Kier molecular flexibility index (Phi) is 11.2. The van der Waals surface area contributed by atoms with Gasteiger partial charge in [0.1, 0.15) is 0 Å². The summed E-state index contributed by atoms with van der Waals surface area (Å²) in [5.41, 5.74) is 2.11. The van der Waals surface area contributed by atoms with Crippen LogP contribution in [0.25, 0.3) is 0 Å². The average Bonchev–Trinajstić information content (AvgIpc) is 3.26. The van der Waals surface area contributed by atoms with E-state index in [1.165, 1.54) is 5.56 Å². The predicted octanol–water partition coefficient (Wildman–Crippen LogP) is 0.348. The highest BCUT2D eigenvalue weighted by molar-refractivity contribution is 7.91. The van der Waals surface area contributed by atoms with Gasteiger partial charge in [-0.1, -0.05) is 35.5 Å². The number of nitrogens with one attached hydrogen (secondary N) is 1. The average molecular weight is 482 g/mol. The molecule has 0 radical (unpaired) electrons. The molecule has 0 amide bonds. The van der Waals surface area contributed by atoms with Crippen molar-refractivity contribution in [1.29, 1.82) is 0 Å². The Morgan fingerprint density at radius 3 is 2.30 bits per heavy atom. The molecule has 2 aromatic rings. The third kappa shape index (κ3) is 10.7. The SMILES string of the molecule is O=S1(=O)CCN(Cc2cn(CCOCCOCCOCCNCc3ccccc3)nn2)CC1. The van der Waals surface area contributed by atoms with Gasteiger partial charge in [0, 0.05) is 38.9 Å². The van der Waals surface area contributed by atoms with Crippen molar-refractivity contribution in [3.05, 3.63) is 47.8 Å². The van der Waals surface area contributed by atoms with E-state index in [0.29, 0.717) is 65.8 Å². The largest absolute Gasteiger partial charge is 0.378 e. The van der Waals surface area contributed by atoms with Crippen molar-refractivity contribution in [2.45, 2.75) is 19.6 Å². The Morgan fingerprint density at radius 1 is 0.909 bits per heavy atom. The van der Waals surface area contributed by atoms with E-state index >= 15 is 0 Å². The number of hydrogen-bond donors (Lipinski definition) is 1. The maximum atomic E-state index is 11.5. The minimum absolute atomic E-state index is 0.217. The zero-order valence-corrected chi connectivity index (χ0v) is 19.9. The van der Waals surface area contributed by atoms with Gasteiger partial charge in [0.25, 0.3) is 0 Å². The van der Waals surface area contributed by atoms with Crippen molar-refractivity contribution < 1.29 is 22.6 Å². The van der Waals surface area contributed by atoms with Crippen molar-refractivity contribution in [3.63, 3.8) is 0 Å². The first kappa shape index (κ1) is 25.7. The van der Waals surface area contributed by atoms with Gasteiger partial charge in [-0.3, -0.25) is 4.90 Å². The molecular formula is C22H35N5O5S. The number of hydrogen-bond acceptors (Lipinski definition) is 9. The number of rotatable bonds is 16. The highest BCUT2D eigenvalue weighted by Crippen LogP contribution is 2.07. The van der Waals surface area contributed by atoms with Gasteiger partial charge < -0.3 is 19.5 Å². The maximum Gasteiger partial charge on any atom is 0.152 e. The fourth-order valence-corrected chi connectivity index (χ4v) is 4.61. The maximum absolute atomic E-state index is 11.5. The molecule has 0 saturated carbocycles. The predicted molar refractivity (Wildman–Crippen MR) is 125 cm³/mol. The van der Waals surface area contributed by atoms with Crippen molar-refractivity contribution in [2.75, 3.05) is 70.8 Å². The summed E-state index contributed by atoms with van der Waals surface area (Å²) in [6.45, 7) is 7.32. The van der Waals surface area contributed by atoms with Crippen LogP contribution in [0.4, 0.5) is 0 Å². The summed E-state index contributed by atoms with van der Waals surface area (Å²) in [7, 11) is -2.86. The van der Waals surface area contributed by atoms with Crippen LogP contribution < -0.4 is 5.32 Å². The molecule has 184 valence electrons. The molecule has 1 N–H and O–H groups in total. The fraction of sp³-hybridized carbons (Fsp3) is 0.636. The van der Waals surface area contributed by atoms with Gasteiger partial charge in [-0.05, 0) is 5.56 Å². The molecule has 0 atom stereocenters. The van der Waals surface area contributed by atoms with Gasteiger partial charge in [0.15, 0.2) is 9.84 Å². The van der Waals surface area contributed by atoms with Gasteiger partial charge in [-0.2, -0.15) is 0 Å². The Balaban J connectivity index is 1.10. The third-order valence-electron chi connectivity index (χ3n) is 5.21. The topological polar surface area (TPSA) is 108 Å². The Bertz CT molecular complexity index is 880. The molecule has 33 heavy (non-hydrogen) atoms. The molecule has 2 heterocycles. The van der Waals surface area contributed by atoms with Crippen molar-refractivity contribution in [3.8, 4) is 0 Å². The van der Waals surface area contributed by atoms with Gasteiger partial charge in [0.05, 0.1) is 63.4 Å². The van der Waals surface area contributed by atoms with Crippen molar-refractivity contribution >= 4 is 9.84 Å². The van der Waals surface area contributed by atoms with Crippen molar-refractivity contribution in [2.24, 2.45) is 0 Å². The summed E-state index contributed by atoms with van der Waals surface area (Å²) in [4.78, 5) is 2.09. The second kappa shape index (κ2) is 14.4. The van der Waals surface area contributed by atoms with Crippen LogP contribution in [0.1, 0.15) is 11.3 Å². The summed E-state index contributed by atoms with van der Waals surface area (Å²) in [6, 6.07) is 10.3. The summed E-state index contributed by atoms with van der Waals surface area (Å²) in [5, 5.41) is 11.6. The zero-order valence-electron chi connectivity index (χ0n) is 19.1. The molecule has 1 aromatic carbocycles. The Morgan fingerprint density at radius 2 is 1.58 bits per heavy atom. The lowest BCUT2D eigenvalue weighted by Gasteiger charge is -2.25. The van der Waals surface area contributed by atoms with Crippen LogP contribution in [0.3, 0.4) is 0 Å². The summed E-state index contributed by atoms with van der Waals surface area (Å²) >= 11 is 0. The molecule has 3 rings (SSSR count). The van der Waals surface area contributed by atoms with Gasteiger partial charge in [-0.15, -0.1) is 5.10 Å². The molecule has 1 aromatic heterocycles. The molecule has 11 heteroatoms. The number of ether oxygens (including phenoxy) is 3. The van der Waals surface area contributed by atoms with E-state index < -0.39 is 9.84 Å². The number of aromatic nitrogens is 3. The summed E-state index contributed by atoms with van der Waals surface area (Å²) in [6.07, 6.45) is 1.88. The van der Waals surface area contributed by atoms with Crippen LogP contribution in [0.5, 0.6) is 0 Å². The first-order chi connectivity index (χ1) is 16.1. The second-order valence-electron chi connectivity index (χ2n) is 7.90. The molecule has 0 spiro atoms. The third-order valence-corrected chi connectivity index (χ3v) is 6.82. The molecule has 1 fully saturated rings. The smallest absolute Gasteiger partial charge is 0.152 e. The van der Waals surface area contributed by atoms with Gasteiger partial charge >= 0.3 is 0 Å². The number of benzene rings is 1. The fourth-order valence-electron chi connectivity index (χ4n) is 3.33. The van der Waals surface area contributed by atoms with Crippen LogP contribution in [-0.4, -0.2) is 99.1 Å². The molecule has 10 nitrogen and oxygen atoms in total. The molecule has 0 unspecified atom stereocenters. The van der Waals surface area contributed by atoms with E-state index in [-0.39, 0.29) is 11.5 Å². The highest BCUT2D eigenvalue weighted by Gasteiger charge is 2.22. The lowest BCUT2D eigenvalue weighted by molar-refractivity contribution is 0.0132. The number of sulfone groups is 1. The van der Waals surface area contributed by atoms with E-state index in [9.17, 15) is 8.42 Å². The summed E-state index contributed by atoms with van der Waals surface area (Å²) in [5.74, 6) is 0.435. The minimum Gasteiger partial charge on any atom is -0.378 e. The molecule has 0 bridgehead atoms. The van der Waals surface area contributed by atoms with Crippen molar-refractivity contribution in [1.82, 2.24) is 25.2 Å². The standard InChI is InChI=1S/C22H35N5O5S/c28-33(29)16-8-26(9-17-33)19-22-20-27(25-24-22)7-11-31-13-15-32-14-12-30-10-6-23-18-21-4-2-1-3-5-21/h1-5,20,23H,6-19H2. The van der Waals surface area contributed by atoms with Gasteiger partial charge in [-0.25, -0.2) is 13.1 Å². The first-order valence-electron chi connectivity index (χ1n) is 11.4. The van der Waals surface area contributed by atoms with Gasteiger partial charge in [0.2, 0.25) is 0 Å². The highest BCUT2D eigenvalue weighted by atomic mass is 32.2. The Labute approximate surface area is 196 Å². The number of nitrogens with zero attached hydrogens (tertiary/aromatic N) is 4. The van der Waals surface area contributed by atoms with E-state index in [1.54, 1.807) is 4.68 Å². The van der Waals surface area contributed by atoms with Crippen LogP contribution in [0, 0.1) is 0 Å². The second-order valence-corrected chi connectivity index (χ2v) is 10.2. The van der Waals surface area contributed by atoms with E-state index in [1.807, 2.05) is 24.4 Å². The van der Waals surface area contributed by atoms with Crippen LogP contribution in [0.2, 0.25) is 0 Å². The molecule has 1 saturated heterocycles. The molecule has 1 aliphatic rings. The van der Waals surface area contributed by atoms with Crippen LogP contribution in [0.15, 0.2) is 36.5 Å². The van der Waals surface area contributed by atoms with E-state index in [0.717, 1.165) is 18.8 Å². The quantitative estimate of drug-likeness (QED) is 0.340. The zero-order chi connectivity index (χ0) is 23.2. The monoisotopic (exact) mass is 481 g/mol. The minimum atomic E-state index is -2.86. The van der Waals surface area contributed by atoms with E-state index in [2.05, 4.69) is 32.7 Å². The molecular weight excluding hydrogens is 446 g/mol. The van der Waals surface area contributed by atoms with E-state index in [4.69, 9.17) is 14.2 Å². The molecule has 0 aliphatic carbocycles. The lowest BCUT2D eigenvalue weighted by atomic mass is 10.2. The lowest BCUT2D eigenvalue weighted by Crippen LogP contribution is -2.39. The first-order valence-corrected chi connectivity index (χ1v) is 13.2. The normalized spacial score (nSPS) is 16.2. The van der Waals surface area contributed by atoms with Crippen LogP contribution >= 0.6 is 0 Å². The van der Waals surface area contributed by atoms with Crippen LogP contribution in [-0.2, 0) is 43.7 Å². The summed E-state index contributed by atoms with van der Waals surface area (Å²) < 4.78 is 41.4. The Hall–Kier alpha value is -1.89. The molecule has 1 aliphatic heterocycles.